The number of carbonyl (C=O) groups is 1. The summed E-state index contributed by atoms with van der Waals surface area (Å²) in [5.41, 5.74) is 0.394. The smallest absolute Gasteiger partial charge is 0.203 e. The summed E-state index contributed by atoms with van der Waals surface area (Å²) in [6, 6.07) is 10.2. The Hall–Kier alpha value is -1.59. The van der Waals surface area contributed by atoms with Crippen molar-refractivity contribution < 1.29 is 13.6 Å². The Balaban J connectivity index is 2.05. The standard InChI is InChI=1S/C15H7BrF2OS/c16-11-5-9(2-4-12(11)18)15(19)14-6-8-1-3-10(17)7-13(8)20-14/h1-7H. The number of rotatable bonds is 2. The second-order valence-corrected chi connectivity index (χ2v) is 6.19. The Morgan fingerprint density at radius 1 is 1.05 bits per heavy atom. The van der Waals surface area contributed by atoms with Crippen molar-refractivity contribution in [1.29, 1.82) is 0 Å². The Morgan fingerprint density at radius 2 is 1.85 bits per heavy atom. The first-order chi connectivity index (χ1) is 9.54. The van der Waals surface area contributed by atoms with Crippen LogP contribution in [0.2, 0.25) is 0 Å². The third kappa shape index (κ3) is 2.39. The SMILES string of the molecule is O=C(c1ccc(F)c(Br)c1)c1cc2ccc(F)cc2s1. The van der Waals surface area contributed by atoms with Crippen LogP contribution in [0.4, 0.5) is 8.78 Å². The van der Waals surface area contributed by atoms with Crippen molar-refractivity contribution in [2.24, 2.45) is 0 Å². The van der Waals surface area contributed by atoms with Crippen molar-refractivity contribution in [2.45, 2.75) is 0 Å². The van der Waals surface area contributed by atoms with E-state index in [0.717, 1.165) is 10.1 Å². The van der Waals surface area contributed by atoms with E-state index in [1.165, 1.54) is 41.7 Å². The van der Waals surface area contributed by atoms with E-state index in [-0.39, 0.29) is 16.1 Å². The van der Waals surface area contributed by atoms with Gasteiger partial charge in [0.2, 0.25) is 5.78 Å². The summed E-state index contributed by atoms with van der Waals surface area (Å²) in [4.78, 5) is 12.8. The first kappa shape index (κ1) is 13.4. The van der Waals surface area contributed by atoms with Gasteiger partial charge in [-0.1, -0.05) is 6.07 Å². The van der Waals surface area contributed by atoms with E-state index in [1.54, 1.807) is 12.1 Å². The molecule has 0 spiro atoms. The molecule has 100 valence electrons. The van der Waals surface area contributed by atoms with Crippen molar-refractivity contribution in [3.63, 3.8) is 0 Å². The van der Waals surface area contributed by atoms with Gasteiger partial charge in [0.05, 0.1) is 9.35 Å². The van der Waals surface area contributed by atoms with Crippen molar-refractivity contribution in [1.82, 2.24) is 0 Å². The van der Waals surface area contributed by atoms with E-state index >= 15 is 0 Å². The van der Waals surface area contributed by atoms with Gasteiger partial charge in [0.15, 0.2) is 0 Å². The lowest BCUT2D eigenvalue weighted by molar-refractivity contribution is 0.104. The summed E-state index contributed by atoms with van der Waals surface area (Å²) >= 11 is 4.28. The third-order valence-corrected chi connectivity index (χ3v) is 4.59. The fourth-order valence-corrected chi connectivity index (χ4v) is 3.33. The molecule has 0 saturated carbocycles. The zero-order chi connectivity index (χ0) is 14.3. The van der Waals surface area contributed by atoms with Crippen molar-refractivity contribution in [2.75, 3.05) is 0 Å². The van der Waals surface area contributed by atoms with Crippen LogP contribution in [-0.4, -0.2) is 5.78 Å². The second-order valence-electron chi connectivity index (χ2n) is 4.25. The molecule has 0 unspecified atom stereocenters. The molecule has 3 aromatic rings. The molecule has 1 nitrogen and oxygen atoms in total. The maximum atomic E-state index is 13.2. The predicted molar refractivity (Wildman–Crippen MR) is 79.3 cm³/mol. The summed E-state index contributed by atoms with van der Waals surface area (Å²) in [5.74, 6) is -0.949. The largest absolute Gasteiger partial charge is 0.288 e. The number of carbonyl (C=O) groups excluding carboxylic acids is 1. The van der Waals surface area contributed by atoms with Crippen LogP contribution in [0.1, 0.15) is 15.2 Å². The normalized spacial score (nSPS) is 10.9. The minimum Gasteiger partial charge on any atom is -0.288 e. The van der Waals surface area contributed by atoms with E-state index in [0.29, 0.717) is 10.4 Å². The van der Waals surface area contributed by atoms with Gasteiger partial charge >= 0.3 is 0 Å². The molecule has 0 N–H and O–H groups in total. The molecule has 1 heterocycles. The first-order valence-electron chi connectivity index (χ1n) is 5.73. The van der Waals surface area contributed by atoms with Crippen molar-refractivity contribution in [3.05, 3.63) is 69.0 Å². The molecule has 0 fully saturated rings. The number of fused-ring (bicyclic) bond motifs is 1. The summed E-state index contributed by atoms with van der Waals surface area (Å²) in [6.45, 7) is 0. The maximum absolute atomic E-state index is 13.2. The Morgan fingerprint density at radius 3 is 2.60 bits per heavy atom. The van der Waals surface area contributed by atoms with E-state index in [1.807, 2.05) is 0 Å². The molecule has 0 aliphatic rings. The zero-order valence-corrected chi connectivity index (χ0v) is 12.4. The second kappa shape index (κ2) is 5.07. The Kier molecular flexibility index (Phi) is 3.40. The van der Waals surface area contributed by atoms with Gasteiger partial charge in [-0.3, -0.25) is 4.79 Å². The number of hydrogen-bond acceptors (Lipinski definition) is 2. The number of thiophene rings is 1. The van der Waals surface area contributed by atoms with E-state index < -0.39 is 5.82 Å². The average molecular weight is 353 g/mol. The van der Waals surface area contributed by atoms with Crippen LogP contribution in [0.5, 0.6) is 0 Å². The number of ketones is 1. The van der Waals surface area contributed by atoms with Crippen LogP contribution >= 0.6 is 27.3 Å². The predicted octanol–water partition coefficient (Wildman–Crippen LogP) is 5.17. The van der Waals surface area contributed by atoms with E-state index in [4.69, 9.17) is 0 Å². The van der Waals surface area contributed by atoms with Crippen LogP contribution < -0.4 is 0 Å². The fourth-order valence-electron chi connectivity index (χ4n) is 1.90. The van der Waals surface area contributed by atoms with Gasteiger partial charge in [0, 0.05) is 10.3 Å². The molecular formula is C15H7BrF2OS. The highest BCUT2D eigenvalue weighted by Gasteiger charge is 2.14. The highest BCUT2D eigenvalue weighted by atomic mass is 79.9. The molecule has 1 aromatic heterocycles. The monoisotopic (exact) mass is 352 g/mol. The molecule has 0 aliphatic heterocycles. The minimum atomic E-state index is -0.417. The van der Waals surface area contributed by atoms with E-state index in [9.17, 15) is 13.6 Å². The molecule has 2 aromatic carbocycles. The van der Waals surface area contributed by atoms with Crippen LogP contribution in [0.15, 0.2) is 46.9 Å². The van der Waals surface area contributed by atoms with Crippen LogP contribution in [-0.2, 0) is 0 Å². The lowest BCUT2D eigenvalue weighted by atomic mass is 10.1. The van der Waals surface area contributed by atoms with Crippen LogP contribution in [0.3, 0.4) is 0 Å². The maximum Gasteiger partial charge on any atom is 0.203 e. The highest BCUT2D eigenvalue weighted by molar-refractivity contribution is 9.10. The summed E-state index contributed by atoms with van der Waals surface area (Å²) in [5, 5.41) is 0.820. The lowest BCUT2D eigenvalue weighted by Gasteiger charge is -1.99. The van der Waals surface area contributed by atoms with Crippen LogP contribution in [0.25, 0.3) is 10.1 Å². The van der Waals surface area contributed by atoms with Gasteiger partial charge in [-0.15, -0.1) is 11.3 Å². The fraction of sp³-hybridized carbons (Fsp3) is 0. The van der Waals surface area contributed by atoms with E-state index in [2.05, 4.69) is 15.9 Å². The number of benzene rings is 2. The highest BCUT2D eigenvalue weighted by Crippen LogP contribution is 2.29. The quantitative estimate of drug-likeness (QED) is 0.581. The minimum absolute atomic E-state index is 0.202. The summed E-state index contributed by atoms with van der Waals surface area (Å²) in [6.07, 6.45) is 0. The van der Waals surface area contributed by atoms with Gasteiger partial charge in [-0.25, -0.2) is 8.78 Å². The summed E-state index contributed by atoms with van der Waals surface area (Å²) in [7, 11) is 0. The molecule has 0 radical (unpaired) electrons. The van der Waals surface area contributed by atoms with Gasteiger partial charge in [0.1, 0.15) is 11.6 Å². The molecular weight excluding hydrogens is 346 g/mol. The molecule has 5 heteroatoms. The van der Waals surface area contributed by atoms with Crippen molar-refractivity contribution >= 4 is 43.1 Å². The first-order valence-corrected chi connectivity index (χ1v) is 7.34. The molecule has 0 aliphatic carbocycles. The number of halogens is 3. The average Bonchev–Trinajstić information content (AvgIpc) is 2.84. The number of hydrogen-bond donors (Lipinski definition) is 0. The van der Waals surface area contributed by atoms with Crippen LogP contribution in [0, 0.1) is 11.6 Å². The van der Waals surface area contributed by atoms with Crippen molar-refractivity contribution in [3.8, 4) is 0 Å². The molecule has 3 rings (SSSR count). The summed E-state index contributed by atoms with van der Waals surface area (Å²) < 4.78 is 27.3. The zero-order valence-electron chi connectivity index (χ0n) is 9.99. The molecule has 0 amide bonds. The van der Waals surface area contributed by atoms with Gasteiger partial charge in [-0.2, -0.15) is 0 Å². The molecule has 0 saturated heterocycles. The molecule has 0 atom stereocenters. The Labute approximate surface area is 126 Å². The third-order valence-electron chi connectivity index (χ3n) is 2.89. The Bertz CT molecular complexity index is 826. The lowest BCUT2D eigenvalue weighted by Crippen LogP contribution is -1.98. The van der Waals surface area contributed by atoms with Gasteiger partial charge in [-0.05, 0) is 57.7 Å². The molecule has 0 bridgehead atoms. The van der Waals surface area contributed by atoms with Gasteiger partial charge < -0.3 is 0 Å². The molecule has 20 heavy (non-hydrogen) atoms. The topological polar surface area (TPSA) is 17.1 Å². The van der Waals surface area contributed by atoms with Gasteiger partial charge in [0.25, 0.3) is 0 Å².